The first-order chi connectivity index (χ1) is 11.6. The number of hydrogen-bond donors (Lipinski definition) is 2. The van der Waals surface area contributed by atoms with Crippen molar-refractivity contribution in [1.29, 1.82) is 0 Å². The van der Waals surface area contributed by atoms with Crippen molar-refractivity contribution in [3.8, 4) is 11.5 Å². The zero-order valence-corrected chi connectivity index (χ0v) is 14.2. The molecule has 2 aromatic carbocycles. The van der Waals surface area contributed by atoms with Crippen LogP contribution in [0.2, 0.25) is 0 Å². The maximum Gasteiger partial charge on any atom is 0.160 e. The molecule has 126 valence electrons. The van der Waals surface area contributed by atoms with E-state index in [0.717, 1.165) is 31.5 Å². The molecule has 2 N–H and O–H groups in total. The third-order valence-corrected chi connectivity index (χ3v) is 5.75. The molecule has 1 heterocycles. The largest absolute Gasteiger partial charge is 0.504 e. The normalized spacial score (nSPS) is 23.5. The van der Waals surface area contributed by atoms with E-state index in [0.29, 0.717) is 12.0 Å². The van der Waals surface area contributed by atoms with E-state index in [1.165, 1.54) is 29.5 Å². The number of rotatable bonds is 2. The molecule has 24 heavy (non-hydrogen) atoms. The fraction of sp³-hybridized carbons (Fsp3) is 0.429. The van der Waals surface area contributed by atoms with E-state index in [1.807, 2.05) is 6.07 Å². The minimum atomic E-state index is 0.0135. The van der Waals surface area contributed by atoms with Gasteiger partial charge < -0.3 is 10.2 Å². The topological polar surface area (TPSA) is 43.7 Å². The molecule has 1 aliphatic heterocycles. The summed E-state index contributed by atoms with van der Waals surface area (Å²) >= 11 is 0. The molecule has 1 fully saturated rings. The number of nitrogens with zero attached hydrogens (tertiary/aromatic N) is 1. The van der Waals surface area contributed by atoms with Gasteiger partial charge in [-0.05, 0) is 62.3 Å². The van der Waals surface area contributed by atoms with Crippen molar-refractivity contribution >= 4 is 0 Å². The highest BCUT2D eigenvalue weighted by atomic mass is 16.3. The Morgan fingerprint density at radius 2 is 2.00 bits per heavy atom. The molecule has 3 nitrogen and oxygen atoms in total. The monoisotopic (exact) mass is 323 g/mol. The number of aromatic hydroxyl groups is 2. The lowest BCUT2D eigenvalue weighted by Gasteiger charge is -2.45. The molecule has 2 aromatic rings. The highest BCUT2D eigenvalue weighted by Crippen LogP contribution is 2.45. The van der Waals surface area contributed by atoms with Crippen molar-refractivity contribution in [2.45, 2.75) is 51.1 Å². The molecule has 0 saturated carbocycles. The van der Waals surface area contributed by atoms with Gasteiger partial charge in [0.1, 0.15) is 0 Å². The van der Waals surface area contributed by atoms with Crippen LogP contribution in [0.5, 0.6) is 11.5 Å². The predicted molar refractivity (Wildman–Crippen MR) is 95.4 cm³/mol. The summed E-state index contributed by atoms with van der Waals surface area (Å²) in [4.78, 5) is 2.62. The van der Waals surface area contributed by atoms with Crippen molar-refractivity contribution in [3.05, 3.63) is 58.7 Å². The van der Waals surface area contributed by atoms with Crippen LogP contribution in [-0.2, 0) is 13.0 Å². The van der Waals surface area contributed by atoms with Gasteiger partial charge >= 0.3 is 0 Å². The molecule has 0 bridgehead atoms. The predicted octanol–water partition coefficient (Wildman–Crippen LogP) is 4.10. The molecule has 1 aliphatic carbocycles. The standard InChI is InChI=1S/C21H25NO2/c1-14-4-2-5-15(12-14)13-22-11-3-6-17-16-8-10-20(23)21(24)18(16)7-9-19(17)22/h2,4-5,8,10,12,17,19,23-24H,3,6-7,9,11,13H2,1H3/t17-,19?/m0/s1. The molecule has 0 radical (unpaired) electrons. The van der Waals surface area contributed by atoms with Crippen LogP contribution in [0.25, 0.3) is 0 Å². The highest BCUT2D eigenvalue weighted by molar-refractivity contribution is 5.52. The lowest BCUT2D eigenvalue weighted by Crippen LogP contribution is -2.45. The Bertz CT molecular complexity index is 755. The summed E-state index contributed by atoms with van der Waals surface area (Å²) in [5.41, 5.74) is 4.91. The minimum Gasteiger partial charge on any atom is -0.504 e. The Morgan fingerprint density at radius 1 is 1.12 bits per heavy atom. The number of aryl methyl sites for hydroxylation is 1. The number of benzene rings is 2. The Morgan fingerprint density at radius 3 is 2.83 bits per heavy atom. The van der Waals surface area contributed by atoms with E-state index in [2.05, 4.69) is 36.1 Å². The summed E-state index contributed by atoms with van der Waals surface area (Å²) in [6, 6.07) is 13.0. The molecule has 0 spiro atoms. The molecule has 3 heteroatoms. The Labute approximate surface area is 143 Å². The Balaban J connectivity index is 1.61. The van der Waals surface area contributed by atoms with E-state index >= 15 is 0 Å². The zero-order valence-electron chi connectivity index (χ0n) is 14.2. The third kappa shape index (κ3) is 2.67. The summed E-state index contributed by atoms with van der Waals surface area (Å²) in [5, 5.41) is 20.0. The van der Waals surface area contributed by atoms with Crippen molar-refractivity contribution in [2.24, 2.45) is 0 Å². The van der Waals surface area contributed by atoms with Crippen LogP contribution in [0.3, 0.4) is 0 Å². The second-order valence-corrected chi connectivity index (χ2v) is 7.32. The quantitative estimate of drug-likeness (QED) is 0.818. The molecule has 0 aromatic heterocycles. The number of phenols is 2. The van der Waals surface area contributed by atoms with Crippen LogP contribution in [0.4, 0.5) is 0 Å². The van der Waals surface area contributed by atoms with Gasteiger partial charge in [-0.2, -0.15) is 0 Å². The van der Waals surface area contributed by atoms with E-state index in [4.69, 9.17) is 0 Å². The van der Waals surface area contributed by atoms with Gasteiger partial charge in [-0.3, -0.25) is 4.90 Å². The first kappa shape index (κ1) is 15.5. The Hall–Kier alpha value is -2.00. The second kappa shape index (κ2) is 6.14. The van der Waals surface area contributed by atoms with Crippen LogP contribution in [0.1, 0.15) is 47.4 Å². The van der Waals surface area contributed by atoms with Crippen LogP contribution >= 0.6 is 0 Å². The smallest absolute Gasteiger partial charge is 0.160 e. The van der Waals surface area contributed by atoms with Crippen molar-refractivity contribution in [3.63, 3.8) is 0 Å². The number of piperidine rings is 1. The fourth-order valence-electron chi connectivity index (χ4n) is 4.66. The molecular formula is C21H25NO2. The average molecular weight is 323 g/mol. The summed E-state index contributed by atoms with van der Waals surface area (Å²) in [5.74, 6) is 0.584. The lowest BCUT2D eigenvalue weighted by atomic mass is 9.74. The second-order valence-electron chi connectivity index (χ2n) is 7.32. The van der Waals surface area contributed by atoms with Crippen molar-refractivity contribution < 1.29 is 10.2 Å². The van der Waals surface area contributed by atoms with Gasteiger partial charge in [0.05, 0.1) is 0 Å². The molecule has 2 aliphatic rings. The maximum absolute atomic E-state index is 10.2. The van der Waals surface area contributed by atoms with Gasteiger partial charge in [-0.1, -0.05) is 35.9 Å². The number of fused-ring (bicyclic) bond motifs is 3. The summed E-state index contributed by atoms with van der Waals surface area (Å²) < 4.78 is 0. The van der Waals surface area contributed by atoms with Crippen LogP contribution < -0.4 is 0 Å². The summed E-state index contributed by atoms with van der Waals surface area (Å²) in [6.45, 7) is 4.30. The third-order valence-electron chi connectivity index (χ3n) is 5.75. The highest BCUT2D eigenvalue weighted by Gasteiger charge is 2.37. The van der Waals surface area contributed by atoms with Gasteiger partial charge in [0.15, 0.2) is 11.5 Å². The minimum absolute atomic E-state index is 0.0135. The SMILES string of the molecule is Cc1cccc(CN2CCC[C@H]3c4ccc(O)c(O)c4CCC32)c1. The van der Waals surface area contributed by atoms with Gasteiger partial charge in [-0.25, -0.2) is 0 Å². The number of likely N-dealkylation sites (tertiary alicyclic amines) is 1. The van der Waals surface area contributed by atoms with Crippen molar-refractivity contribution in [2.75, 3.05) is 6.54 Å². The number of phenolic OH excluding ortho intramolecular Hbond substituents is 2. The fourth-order valence-corrected chi connectivity index (χ4v) is 4.66. The van der Waals surface area contributed by atoms with Crippen LogP contribution in [-0.4, -0.2) is 27.7 Å². The average Bonchev–Trinajstić information content (AvgIpc) is 2.58. The molecule has 2 atom stereocenters. The van der Waals surface area contributed by atoms with Crippen LogP contribution in [0.15, 0.2) is 36.4 Å². The number of hydrogen-bond acceptors (Lipinski definition) is 3. The van der Waals surface area contributed by atoms with Gasteiger partial charge in [-0.15, -0.1) is 0 Å². The molecule has 0 amide bonds. The molecular weight excluding hydrogens is 298 g/mol. The van der Waals surface area contributed by atoms with E-state index in [9.17, 15) is 10.2 Å². The first-order valence-electron chi connectivity index (χ1n) is 8.97. The summed E-state index contributed by atoms with van der Waals surface area (Å²) in [6.07, 6.45) is 4.27. The van der Waals surface area contributed by atoms with Crippen LogP contribution in [0, 0.1) is 6.92 Å². The van der Waals surface area contributed by atoms with Crippen molar-refractivity contribution in [1.82, 2.24) is 4.90 Å². The molecule has 4 rings (SSSR count). The van der Waals surface area contributed by atoms with Gasteiger partial charge in [0, 0.05) is 18.2 Å². The first-order valence-corrected chi connectivity index (χ1v) is 8.97. The Kier molecular flexibility index (Phi) is 3.97. The molecule has 1 unspecified atom stereocenters. The summed E-state index contributed by atoms with van der Waals surface area (Å²) in [7, 11) is 0. The van der Waals surface area contributed by atoms with E-state index in [-0.39, 0.29) is 11.5 Å². The molecule has 1 saturated heterocycles. The van der Waals surface area contributed by atoms with E-state index < -0.39 is 0 Å². The van der Waals surface area contributed by atoms with Gasteiger partial charge in [0.25, 0.3) is 0 Å². The zero-order chi connectivity index (χ0) is 16.7. The van der Waals surface area contributed by atoms with Gasteiger partial charge in [0.2, 0.25) is 0 Å². The van der Waals surface area contributed by atoms with E-state index in [1.54, 1.807) is 6.07 Å². The lowest BCUT2D eigenvalue weighted by molar-refractivity contribution is 0.104. The maximum atomic E-state index is 10.2.